The van der Waals surface area contributed by atoms with Gasteiger partial charge in [-0.1, -0.05) is 13.8 Å². The third kappa shape index (κ3) is 1.62. The van der Waals surface area contributed by atoms with Gasteiger partial charge in [0.25, 0.3) is 0 Å². The highest BCUT2D eigenvalue weighted by atomic mass is 17.1. The number of ether oxygens (including phenoxy) is 1. The lowest BCUT2D eigenvalue weighted by molar-refractivity contribution is -0.342. The Morgan fingerprint density at radius 1 is 1.30 bits per heavy atom. The number of Topliss-reactive ketones (excluding diaryl/α,β-unsaturated/α-hetero) is 1. The first kappa shape index (κ1) is 14.0. The number of rotatable bonds is 1. The van der Waals surface area contributed by atoms with Crippen molar-refractivity contribution in [1.29, 1.82) is 0 Å². The lowest BCUT2D eigenvalue weighted by atomic mass is 9.51. The zero-order chi connectivity index (χ0) is 14.7. The number of carbonyl (C=O) groups is 2. The van der Waals surface area contributed by atoms with Gasteiger partial charge in [-0.15, -0.1) is 0 Å². The summed E-state index contributed by atoms with van der Waals surface area (Å²) in [7, 11) is 0. The third-order valence-corrected chi connectivity index (χ3v) is 6.08. The quantitative estimate of drug-likeness (QED) is 0.453. The molecule has 0 bridgehead atoms. The van der Waals surface area contributed by atoms with Crippen LogP contribution in [0.3, 0.4) is 0 Å². The van der Waals surface area contributed by atoms with E-state index in [9.17, 15) is 14.8 Å². The number of hydrogen-bond donors (Lipinski definition) is 1. The van der Waals surface area contributed by atoms with Crippen LogP contribution in [0.5, 0.6) is 0 Å². The van der Waals surface area contributed by atoms with Gasteiger partial charge in [0.05, 0.1) is 5.92 Å². The van der Waals surface area contributed by atoms with Crippen LogP contribution in [0.2, 0.25) is 0 Å². The standard InChI is InChI=1S/C15H22O5/c1-8-9-4-6-14(2)7-5-10(16)15(3,20-18)12(14)11(9)19-13(8)17/h8-9,11-12,18H,4-7H2,1-3H3/t8-,9-,11-,12-,14-,15-/m0/s1. The molecule has 3 aliphatic rings. The van der Waals surface area contributed by atoms with E-state index < -0.39 is 5.60 Å². The summed E-state index contributed by atoms with van der Waals surface area (Å²) in [5, 5.41) is 9.36. The fraction of sp³-hybridized carbons (Fsp3) is 0.867. The van der Waals surface area contributed by atoms with Crippen molar-refractivity contribution in [3.05, 3.63) is 0 Å². The van der Waals surface area contributed by atoms with Gasteiger partial charge in [0.15, 0.2) is 11.4 Å². The minimum absolute atomic E-state index is 0.0984. The molecule has 2 saturated carbocycles. The highest BCUT2D eigenvalue weighted by Gasteiger charge is 2.65. The Labute approximate surface area is 118 Å². The number of hydrogen-bond acceptors (Lipinski definition) is 5. The molecule has 0 spiro atoms. The van der Waals surface area contributed by atoms with Gasteiger partial charge in [-0.3, -0.25) is 14.8 Å². The van der Waals surface area contributed by atoms with E-state index >= 15 is 0 Å². The van der Waals surface area contributed by atoms with E-state index in [1.54, 1.807) is 6.92 Å². The van der Waals surface area contributed by atoms with E-state index in [2.05, 4.69) is 11.8 Å². The maximum atomic E-state index is 12.3. The molecular formula is C15H22O5. The second kappa shape index (κ2) is 4.28. The molecule has 0 amide bonds. The van der Waals surface area contributed by atoms with Gasteiger partial charge in [0.1, 0.15) is 6.10 Å². The average molecular weight is 282 g/mol. The maximum Gasteiger partial charge on any atom is 0.309 e. The van der Waals surface area contributed by atoms with Crippen molar-refractivity contribution in [1.82, 2.24) is 0 Å². The number of fused-ring (bicyclic) bond motifs is 3. The molecule has 1 saturated heterocycles. The molecular weight excluding hydrogens is 260 g/mol. The first-order valence-corrected chi connectivity index (χ1v) is 7.40. The Kier molecular flexibility index (Phi) is 3.00. The van der Waals surface area contributed by atoms with Crippen LogP contribution in [0.15, 0.2) is 0 Å². The van der Waals surface area contributed by atoms with E-state index in [0.29, 0.717) is 6.42 Å². The second-order valence-corrected chi connectivity index (χ2v) is 7.15. The number of ketones is 1. The molecule has 1 heterocycles. The minimum Gasteiger partial charge on any atom is -0.461 e. The van der Waals surface area contributed by atoms with Crippen LogP contribution in [0.4, 0.5) is 0 Å². The summed E-state index contributed by atoms with van der Waals surface area (Å²) in [6.07, 6.45) is 2.72. The maximum absolute atomic E-state index is 12.3. The molecule has 20 heavy (non-hydrogen) atoms. The summed E-state index contributed by atoms with van der Waals surface area (Å²) < 4.78 is 5.58. The smallest absolute Gasteiger partial charge is 0.309 e. The van der Waals surface area contributed by atoms with Crippen LogP contribution in [0.1, 0.15) is 46.5 Å². The van der Waals surface area contributed by atoms with E-state index in [0.717, 1.165) is 19.3 Å². The first-order chi connectivity index (χ1) is 9.33. The summed E-state index contributed by atoms with van der Waals surface area (Å²) in [5.74, 6) is -0.569. The average Bonchev–Trinajstić information content (AvgIpc) is 2.69. The van der Waals surface area contributed by atoms with Crippen LogP contribution >= 0.6 is 0 Å². The van der Waals surface area contributed by atoms with Gasteiger partial charge < -0.3 is 4.74 Å². The van der Waals surface area contributed by atoms with E-state index in [4.69, 9.17) is 4.74 Å². The largest absolute Gasteiger partial charge is 0.461 e. The SMILES string of the molecule is C[C@@H]1C(=O)O[C@H]2[C@H]1CC[C@@]1(C)CCC(=O)[C@](C)(OO)[C@@H]21. The van der Waals surface area contributed by atoms with Crippen molar-refractivity contribution in [3.63, 3.8) is 0 Å². The summed E-state index contributed by atoms with van der Waals surface area (Å²) >= 11 is 0. The normalized spacial score (nSPS) is 51.4. The molecule has 2 aliphatic carbocycles. The number of esters is 1. The zero-order valence-corrected chi connectivity index (χ0v) is 12.2. The van der Waals surface area contributed by atoms with E-state index in [1.807, 2.05) is 6.92 Å². The third-order valence-electron chi connectivity index (χ3n) is 6.08. The molecule has 0 aromatic carbocycles. The molecule has 0 unspecified atom stereocenters. The Balaban J connectivity index is 2.04. The monoisotopic (exact) mass is 282 g/mol. The fourth-order valence-corrected chi connectivity index (χ4v) is 4.75. The zero-order valence-electron chi connectivity index (χ0n) is 12.2. The van der Waals surface area contributed by atoms with Crippen molar-refractivity contribution < 1.29 is 24.5 Å². The Hall–Kier alpha value is -0.940. The predicted molar refractivity (Wildman–Crippen MR) is 69.7 cm³/mol. The summed E-state index contributed by atoms with van der Waals surface area (Å²) in [5.41, 5.74) is -1.39. The van der Waals surface area contributed by atoms with Crippen molar-refractivity contribution in [2.24, 2.45) is 23.2 Å². The van der Waals surface area contributed by atoms with Crippen LogP contribution < -0.4 is 0 Å². The van der Waals surface area contributed by atoms with Crippen LogP contribution in [0, 0.1) is 23.2 Å². The molecule has 5 heteroatoms. The molecule has 112 valence electrons. The summed E-state index contributed by atoms with van der Waals surface area (Å²) in [6.45, 7) is 5.64. The summed E-state index contributed by atoms with van der Waals surface area (Å²) in [6, 6.07) is 0. The van der Waals surface area contributed by atoms with E-state index in [1.165, 1.54) is 0 Å². The highest BCUT2D eigenvalue weighted by Crippen LogP contribution is 2.58. The minimum atomic E-state index is -1.26. The molecule has 6 atom stereocenters. The van der Waals surface area contributed by atoms with Crippen molar-refractivity contribution in [2.75, 3.05) is 0 Å². The van der Waals surface area contributed by atoms with Gasteiger partial charge in [-0.05, 0) is 31.6 Å². The first-order valence-electron chi connectivity index (χ1n) is 7.40. The van der Waals surface area contributed by atoms with E-state index in [-0.39, 0.29) is 41.0 Å². The fourth-order valence-electron chi connectivity index (χ4n) is 4.75. The molecule has 0 radical (unpaired) electrons. The van der Waals surface area contributed by atoms with Crippen LogP contribution in [-0.2, 0) is 19.2 Å². The molecule has 0 aromatic heterocycles. The van der Waals surface area contributed by atoms with Gasteiger partial charge in [0.2, 0.25) is 0 Å². The van der Waals surface area contributed by atoms with Gasteiger partial charge in [-0.25, -0.2) is 4.89 Å². The Bertz CT molecular complexity index is 461. The van der Waals surface area contributed by atoms with Crippen LogP contribution in [-0.4, -0.2) is 28.7 Å². The Morgan fingerprint density at radius 3 is 2.65 bits per heavy atom. The molecule has 3 fully saturated rings. The van der Waals surface area contributed by atoms with Crippen LogP contribution in [0.25, 0.3) is 0 Å². The van der Waals surface area contributed by atoms with Gasteiger partial charge >= 0.3 is 5.97 Å². The predicted octanol–water partition coefficient (Wildman–Crippen LogP) is 2.19. The molecule has 3 rings (SSSR count). The lowest BCUT2D eigenvalue weighted by Gasteiger charge is -2.55. The van der Waals surface area contributed by atoms with Crippen molar-refractivity contribution in [3.8, 4) is 0 Å². The topological polar surface area (TPSA) is 72.8 Å². The van der Waals surface area contributed by atoms with Gasteiger partial charge in [-0.2, -0.15) is 0 Å². The highest BCUT2D eigenvalue weighted by molar-refractivity contribution is 5.88. The van der Waals surface area contributed by atoms with Gasteiger partial charge in [0, 0.05) is 18.3 Å². The van der Waals surface area contributed by atoms with Crippen molar-refractivity contribution >= 4 is 11.8 Å². The second-order valence-electron chi connectivity index (χ2n) is 7.15. The number of carbonyl (C=O) groups excluding carboxylic acids is 2. The molecule has 0 aromatic rings. The Morgan fingerprint density at radius 2 is 2.00 bits per heavy atom. The molecule has 5 nitrogen and oxygen atoms in total. The lowest BCUT2D eigenvalue weighted by Crippen LogP contribution is -2.62. The molecule has 1 N–H and O–H groups in total. The summed E-state index contributed by atoms with van der Waals surface area (Å²) in [4.78, 5) is 28.8. The molecule has 1 aliphatic heterocycles. The van der Waals surface area contributed by atoms with Crippen molar-refractivity contribution in [2.45, 2.75) is 58.2 Å².